The van der Waals surface area contributed by atoms with Gasteiger partial charge in [-0.15, -0.1) is 11.3 Å². The molecule has 3 heteroatoms. The van der Waals surface area contributed by atoms with Crippen LogP contribution in [0.5, 0.6) is 0 Å². The zero-order valence-corrected chi connectivity index (χ0v) is 13.8. The van der Waals surface area contributed by atoms with Crippen molar-refractivity contribution in [2.75, 3.05) is 0 Å². The Morgan fingerprint density at radius 3 is 2.10 bits per heavy atom. The fraction of sp³-hybridized carbons (Fsp3) is 0.118. The molecule has 3 aromatic rings. The Bertz CT molecular complexity index is 664. The van der Waals surface area contributed by atoms with Crippen LogP contribution < -0.4 is 0 Å². The van der Waals surface area contributed by atoms with Gasteiger partial charge in [0.05, 0.1) is 15.6 Å². The lowest BCUT2D eigenvalue weighted by Gasteiger charge is -2.04. The molecule has 20 heavy (non-hydrogen) atoms. The molecule has 0 aliphatic heterocycles. The Morgan fingerprint density at radius 1 is 0.850 bits per heavy atom. The van der Waals surface area contributed by atoms with Crippen molar-refractivity contribution in [3.8, 4) is 21.7 Å². The van der Waals surface area contributed by atoms with E-state index in [0.717, 1.165) is 15.2 Å². The molecule has 3 rings (SSSR count). The summed E-state index contributed by atoms with van der Waals surface area (Å²) in [5.41, 5.74) is 4.74. The Hall–Kier alpha value is -1.45. The molecule has 0 saturated carbocycles. The summed E-state index contributed by atoms with van der Waals surface area (Å²) in [6.45, 7) is 4.16. The maximum Gasteiger partial charge on any atom is 0.0908 e. The highest BCUT2D eigenvalue weighted by molar-refractivity contribution is 9.10. The first-order valence-electron chi connectivity index (χ1n) is 6.44. The number of thiazole rings is 1. The van der Waals surface area contributed by atoms with Gasteiger partial charge in [0, 0.05) is 10.0 Å². The molecule has 100 valence electrons. The lowest BCUT2D eigenvalue weighted by molar-refractivity contribution is 1.29. The van der Waals surface area contributed by atoms with Crippen molar-refractivity contribution in [3.63, 3.8) is 0 Å². The second-order valence-corrected chi connectivity index (χ2v) is 6.90. The van der Waals surface area contributed by atoms with Crippen molar-refractivity contribution in [2.45, 2.75) is 13.8 Å². The van der Waals surface area contributed by atoms with E-state index in [1.165, 1.54) is 21.6 Å². The van der Waals surface area contributed by atoms with Gasteiger partial charge in [0.25, 0.3) is 0 Å². The molecular weight excluding hydrogens is 330 g/mol. The fourth-order valence-electron chi connectivity index (χ4n) is 2.13. The van der Waals surface area contributed by atoms with Crippen LogP contribution in [0.3, 0.4) is 0 Å². The number of nitrogens with zero attached hydrogens (tertiary/aromatic N) is 1. The molecule has 0 N–H and O–H groups in total. The highest BCUT2D eigenvalue weighted by atomic mass is 79.9. The number of hydrogen-bond acceptors (Lipinski definition) is 2. The van der Waals surface area contributed by atoms with Crippen molar-refractivity contribution in [1.29, 1.82) is 0 Å². The number of aryl methyl sites for hydroxylation is 2. The van der Waals surface area contributed by atoms with E-state index in [9.17, 15) is 0 Å². The summed E-state index contributed by atoms with van der Waals surface area (Å²) >= 11 is 5.23. The van der Waals surface area contributed by atoms with E-state index in [1.807, 2.05) is 0 Å². The van der Waals surface area contributed by atoms with Gasteiger partial charge in [0.15, 0.2) is 0 Å². The summed E-state index contributed by atoms with van der Waals surface area (Å²) in [6, 6.07) is 17.0. The average molecular weight is 344 g/mol. The molecular formula is C17H14BrNS. The molecule has 0 bridgehead atoms. The van der Waals surface area contributed by atoms with E-state index in [4.69, 9.17) is 4.98 Å². The number of hydrogen-bond donors (Lipinski definition) is 0. The Morgan fingerprint density at radius 2 is 1.45 bits per heavy atom. The van der Waals surface area contributed by atoms with Gasteiger partial charge in [-0.05, 0) is 31.5 Å². The van der Waals surface area contributed by atoms with Gasteiger partial charge in [-0.3, -0.25) is 0 Å². The van der Waals surface area contributed by atoms with E-state index < -0.39 is 0 Å². The van der Waals surface area contributed by atoms with Crippen LogP contribution in [0.1, 0.15) is 10.6 Å². The second-order valence-electron chi connectivity index (χ2n) is 4.78. The number of rotatable bonds is 2. The third kappa shape index (κ3) is 2.69. The fourth-order valence-corrected chi connectivity index (χ4v) is 3.34. The van der Waals surface area contributed by atoms with Crippen LogP contribution >= 0.6 is 27.3 Å². The first-order chi connectivity index (χ1) is 9.63. The zero-order valence-electron chi connectivity index (χ0n) is 11.4. The monoisotopic (exact) mass is 343 g/mol. The molecule has 0 unspecified atom stereocenters. The van der Waals surface area contributed by atoms with Crippen LogP contribution in [0, 0.1) is 13.8 Å². The number of halogens is 1. The Kier molecular flexibility index (Phi) is 3.72. The first-order valence-corrected chi connectivity index (χ1v) is 8.05. The van der Waals surface area contributed by atoms with Crippen molar-refractivity contribution < 1.29 is 0 Å². The third-order valence-electron chi connectivity index (χ3n) is 3.17. The Labute approximate surface area is 131 Å². The van der Waals surface area contributed by atoms with Crippen LogP contribution in [0.2, 0.25) is 0 Å². The molecule has 0 radical (unpaired) electrons. The van der Waals surface area contributed by atoms with E-state index in [-0.39, 0.29) is 0 Å². The molecule has 1 nitrogen and oxygen atoms in total. The van der Waals surface area contributed by atoms with Gasteiger partial charge >= 0.3 is 0 Å². The highest BCUT2D eigenvalue weighted by Gasteiger charge is 2.12. The predicted octanol–water partition coefficient (Wildman–Crippen LogP) is 5.86. The standard InChI is InChI=1S/C17H14BrNS/c1-11-3-5-13(6-4-11)16-17(20-12(2)19-16)14-7-9-15(18)10-8-14/h3-10H,1-2H3. The van der Waals surface area contributed by atoms with Gasteiger partial charge in [0.2, 0.25) is 0 Å². The summed E-state index contributed by atoms with van der Waals surface area (Å²) in [4.78, 5) is 5.95. The summed E-state index contributed by atoms with van der Waals surface area (Å²) in [7, 11) is 0. The summed E-state index contributed by atoms with van der Waals surface area (Å²) in [5.74, 6) is 0. The van der Waals surface area contributed by atoms with E-state index in [2.05, 4.69) is 78.3 Å². The topological polar surface area (TPSA) is 12.9 Å². The van der Waals surface area contributed by atoms with Crippen molar-refractivity contribution in [3.05, 3.63) is 63.6 Å². The number of aromatic nitrogens is 1. The van der Waals surface area contributed by atoms with Gasteiger partial charge < -0.3 is 0 Å². The van der Waals surface area contributed by atoms with Gasteiger partial charge in [0.1, 0.15) is 0 Å². The zero-order chi connectivity index (χ0) is 14.1. The van der Waals surface area contributed by atoms with Gasteiger partial charge in [-0.1, -0.05) is 57.9 Å². The quantitative estimate of drug-likeness (QED) is 0.568. The second kappa shape index (κ2) is 5.51. The van der Waals surface area contributed by atoms with Crippen molar-refractivity contribution in [1.82, 2.24) is 4.98 Å². The molecule has 0 aliphatic carbocycles. The van der Waals surface area contributed by atoms with Gasteiger partial charge in [-0.2, -0.15) is 0 Å². The highest BCUT2D eigenvalue weighted by Crippen LogP contribution is 2.37. The number of benzene rings is 2. The molecule has 0 fully saturated rings. The molecule has 0 spiro atoms. The van der Waals surface area contributed by atoms with Crippen LogP contribution in [0.25, 0.3) is 21.7 Å². The maximum atomic E-state index is 4.72. The average Bonchev–Trinajstić information content (AvgIpc) is 2.82. The van der Waals surface area contributed by atoms with Crippen molar-refractivity contribution in [2.24, 2.45) is 0 Å². The lowest BCUT2D eigenvalue weighted by atomic mass is 10.1. The van der Waals surface area contributed by atoms with Crippen molar-refractivity contribution >= 4 is 27.3 Å². The summed E-state index contributed by atoms with van der Waals surface area (Å²) < 4.78 is 1.10. The van der Waals surface area contributed by atoms with E-state index in [1.54, 1.807) is 11.3 Å². The molecule has 1 heterocycles. The largest absolute Gasteiger partial charge is 0.241 e. The summed E-state index contributed by atoms with van der Waals surface area (Å²) in [6.07, 6.45) is 0. The molecule has 2 aromatic carbocycles. The smallest absolute Gasteiger partial charge is 0.0908 e. The van der Waals surface area contributed by atoms with Crippen LogP contribution in [-0.2, 0) is 0 Å². The minimum Gasteiger partial charge on any atom is -0.241 e. The van der Waals surface area contributed by atoms with Crippen LogP contribution in [0.15, 0.2) is 53.0 Å². The Balaban J connectivity index is 2.12. The van der Waals surface area contributed by atoms with Crippen LogP contribution in [0.4, 0.5) is 0 Å². The SMILES string of the molecule is Cc1ccc(-c2nc(C)sc2-c2ccc(Br)cc2)cc1. The minimum atomic E-state index is 1.08. The maximum absolute atomic E-state index is 4.72. The molecule has 0 aliphatic rings. The molecule has 0 amide bonds. The van der Waals surface area contributed by atoms with Crippen LogP contribution in [-0.4, -0.2) is 4.98 Å². The first kappa shape index (κ1) is 13.5. The minimum absolute atomic E-state index is 1.08. The summed E-state index contributed by atoms with van der Waals surface area (Å²) in [5, 5.41) is 1.10. The van der Waals surface area contributed by atoms with Gasteiger partial charge in [-0.25, -0.2) is 4.98 Å². The molecule has 0 saturated heterocycles. The predicted molar refractivity (Wildman–Crippen MR) is 90.2 cm³/mol. The third-order valence-corrected chi connectivity index (χ3v) is 4.71. The van der Waals surface area contributed by atoms with E-state index >= 15 is 0 Å². The molecule has 0 atom stereocenters. The lowest BCUT2D eigenvalue weighted by Crippen LogP contribution is -1.83. The van der Waals surface area contributed by atoms with E-state index in [0.29, 0.717) is 0 Å². The molecule has 1 aromatic heterocycles. The normalized spacial score (nSPS) is 10.8.